The van der Waals surface area contributed by atoms with Gasteiger partial charge in [0.25, 0.3) is 0 Å². The summed E-state index contributed by atoms with van der Waals surface area (Å²) in [5, 5.41) is 3.79. The van der Waals surface area contributed by atoms with Crippen LogP contribution in [0.1, 0.15) is 23.2 Å². The van der Waals surface area contributed by atoms with Gasteiger partial charge in [-0.2, -0.15) is 0 Å². The molecule has 1 aliphatic carbocycles. The number of carbonyl (C=O) groups is 2. The van der Waals surface area contributed by atoms with Crippen LogP contribution in [0.2, 0.25) is 0 Å². The summed E-state index contributed by atoms with van der Waals surface area (Å²) in [6.45, 7) is 0.148. The number of benzene rings is 2. The number of Topliss-reactive ketones (excluding diaryl/α,β-unsaturated/α-hetero) is 1. The fraction of sp³-hybridized carbons (Fsp3) is 0.238. The Morgan fingerprint density at radius 3 is 2.73 bits per heavy atom. The first-order valence-corrected chi connectivity index (χ1v) is 8.71. The minimum Gasteiger partial charge on any atom is -0.497 e. The second-order valence-corrected chi connectivity index (χ2v) is 6.61. The summed E-state index contributed by atoms with van der Waals surface area (Å²) in [5.74, 6) is 0.879. The monoisotopic (exact) mass is 348 g/mol. The Morgan fingerprint density at radius 1 is 1.15 bits per heavy atom. The lowest BCUT2D eigenvalue weighted by Gasteiger charge is -2.08. The molecule has 0 aliphatic heterocycles. The van der Waals surface area contributed by atoms with E-state index in [0.29, 0.717) is 11.4 Å². The maximum Gasteiger partial charge on any atom is 0.244 e. The SMILES string of the molecule is COc1cccc(NC(=O)Cn2cc(C(=O)C3CC3)c3ccccc32)c1. The molecule has 2 aromatic carbocycles. The molecule has 0 unspecified atom stereocenters. The molecule has 0 radical (unpaired) electrons. The van der Waals surface area contributed by atoms with Crippen molar-refractivity contribution in [2.45, 2.75) is 19.4 Å². The Balaban J connectivity index is 1.58. The predicted molar refractivity (Wildman–Crippen MR) is 101 cm³/mol. The number of amides is 1. The number of carbonyl (C=O) groups excluding carboxylic acids is 2. The van der Waals surface area contributed by atoms with Crippen molar-refractivity contribution >= 4 is 28.3 Å². The van der Waals surface area contributed by atoms with Gasteiger partial charge in [-0.05, 0) is 31.0 Å². The van der Waals surface area contributed by atoms with Crippen LogP contribution in [0.5, 0.6) is 5.75 Å². The first-order valence-electron chi connectivity index (χ1n) is 8.71. The first-order chi connectivity index (χ1) is 12.7. The maximum atomic E-state index is 12.6. The molecule has 132 valence electrons. The molecule has 1 fully saturated rings. The molecule has 26 heavy (non-hydrogen) atoms. The summed E-state index contributed by atoms with van der Waals surface area (Å²) in [4.78, 5) is 25.0. The molecule has 0 saturated heterocycles. The Hall–Kier alpha value is -3.08. The van der Waals surface area contributed by atoms with Crippen LogP contribution in [-0.2, 0) is 11.3 Å². The van der Waals surface area contributed by atoms with Gasteiger partial charge in [-0.25, -0.2) is 0 Å². The maximum absolute atomic E-state index is 12.6. The standard InChI is InChI=1S/C21H20N2O3/c1-26-16-6-4-5-15(11-16)22-20(24)13-23-12-18(21(25)14-9-10-14)17-7-2-3-8-19(17)23/h2-8,11-12,14H,9-10,13H2,1H3,(H,22,24). The van der Waals surface area contributed by atoms with Gasteiger partial charge in [-0.1, -0.05) is 24.3 Å². The summed E-state index contributed by atoms with van der Waals surface area (Å²) in [6, 6.07) is 15.0. The number of anilines is 1. The van der Waals surface area contributed by atoms with Gasteiger partial charge in [0.05, 0.1) is 7.11 Å². The van der Waals surface area contributed by atoms with Crippen LogP contribution in [0.25, 0.3) is 10.9 Å². The van der Waals surface area contributed by atoms with Crippen LogP contribution >= 0.6 is 0 Å². The van der Waals surface area contributed by atoms with E-state index in [0.717, 1.165) is 29.3 Å². The van der Waals surface area contributed by atoms with Gasteiger partial charge in [0.15, 0.2) is 5.78 Å². The third-order valence-electron chi connectivity index (χ3n) is 4.67. The van der Waals surface area contributed by atoms with Gasteiger partial charge in [0.2, 0.25) is 5.91 Å². The summed E-state index contributed by atoms with van der Waals surface area (Å²) < 4.78 is 7.02. The molecule has 3 aromatic rings. The van der Waals surface area contributed by atoms with E-state index < -0.39 is 0 Å². The smallest absolute Gasteiger partial charge is 0.244 e. The number of para-hydroxylation sites is 1. The van der Waals surface area contributed by atoms with E-state index >= 15 is 0 Å². The van der Waals surface area contributed by atoms with Gasteiger partial charge in [0.1, 0.15) is 12.3 Å². The number of fused-ring (bicyclic) bond motifs is 1. The second kappa shape index (κ2) is 6.67. The number of hydrogen-bond donors (Lipinski definition) is 1. The van der Waals surface area contributed by atoms with E-state index in [1.807, 2.05) is 53.2 Å². The highest BCUT2D eigenvalue weighted by molar-refractivity contribution is 6.10. The highest BCUT2D eigenvalue weighted by atomic mass is 16.5. The fourth-order valence-corrected chi connectivity index (χ4v) is 3.20. The fourth-order valence-electron chi connectivity index (χ4n) is 3.20. The Bertz CT molecular complexity index is 986. The second-order valence-electron chi connectivity index (χ2n) is 6.61. The van der Waals surface area contributed by atoms with E-state index in [1.54, 1.807) is 13.2 Å². The van der Waals surface area contributed by atoms with Gasteiger partial charge in [-0.15, -0.1) is 0 Å². The third kappa shape index (κ3) is 3.20. The zero-order valence-corrected chi connectivity index (χ0v) is 14.6. The summed E-state index contributed by atoms with van der Waals surface area (Å²) >= 11 is 0. The molecule has 0 atom stereocenters. The summed E-state index contributed by atoms with van der Waals surface area (Å²) in [5.41, 5.74) is 2.30. The molecule has 1 amide bonds. The molecule has 1 aliphatic rings. The van der Waals surface area contributed by atoms with E-state index in [1.165, 1.54) is 0 Å². The first kappa shape index (κ1) is 16.4. The number of nitrogens with zero attached hydrogens (tertiary/aromatic N) is 1. The van der Waals surface area contributed by atoms with Crippen LogP contribution < -0.4 is 10.1 Å². The van der Waals surface area contributed by atoms with Gasteiger partial charge in [-0.3, -0.25) is 9.59 Å². The zero-order valence-electron chi connectivity index (χ0n) is 14.6. The molecule has 5 nitrogen and oxygen atoms in total. The van der Waals surface area contributed by atoms with E-state index in [9.17, 15) is 9.59 Å². The Kier molecular flexibility index (Phi) is 4.21. The number of methoxy groups -OCH3 is 1. The number of aromatic nitrogens is 1. The van der Waals surface area contributed by atoms with Crippen molar-refractivity contribution in [2.24, 2.45) is 5.92 Å². The average Bonchev–Trinajstić information content (AvgIpc) is 3.44. The molecule has 4 rings (SSSR count). The number of ketones is 1. The van der Waals surface area contributed by atoms with Crippen molar-refractivity contribution in [3.8, 4) is 5.75 Å². The van der Waals surface area contributed by atoms with Crippen molar-refractivity contribution in [3.05, 3.63) is 60.3 Å². The minimum atomic E-state index is -0.149. The predicted octanol–water partition coefficient (Wildman–Crippen LogP) is 3.88. The van der Waals surface area contributed by atoms with E-state index in [2.05, 4.69) is 5.32 Å². The van der Waals surface area contributed by atoms with Gasteiger partial charge >= 0.3 is 0 Å². The number of rotatable bonds is 6. The molecule has 0 bridgehead atoms. The van der Waals surface area contributed by atoms with Crippen molar-refractivity contribution < 1.29 is 14.3 Å². The Labute approximate surface area is 151 Å². The molecular formula is C21H20N2O3. The molecular weight excluding hydrogens is 328 g/mol. The summed E-state index contributed by atoms with van der Waals surface area (Å²) in [7, 11) is 1.59. The van der Waals surface area contributed by atoms with Crippen LogP contribution in [0.4, 0.5) is 5.69 Å². The average molecular weight is 348 g/mol. The lowest BCUT2D eigenvalue weighted by molar-refractivity contribution is -0.116. The molecule has 1 heterocycles. The van der Waals surface area contributed by atoms with E-state index in [4.69, 9.17) is 4.74 Å². The van der Waals surface area contributed by atoms with Gasteiger partial charge in [0, 0.05) is 40.3 Å². The van der Waals surface area contributed by atoms with Crippen molar-refractivity contribution in [1.29, 1.82) is 0 Å². The highest BCUT2D eigenvalue weighted by Gasteiger charge is 2.32. The molecule has 1 saturated carbocycles. The van der Waals surface area contributed by atoms with Crippen molar-refractivity contribution in [3.63, 3.8) is 0 Å². The number of nitrogens with one attached hydrogen (secondary N) is 1. The molecule has 0 spiro atoms. The normalized spacial score (nSPS) is 13.6. The number of ether oxygens (including phenoxy) is 1. The van der Waals surface area contributed by atoms with Crippen molar-refractivity contribution in [2.75, 3.05) is 12.4 Å². The van der Waals surface area contributed by atoms with Crippen LogP contribution in [0.15, 0.2) is 54.7 Å². The zero-order chi connectivity index (χ0) is 18.1. The largest absolute Gasteiger partial charge is 0.497 e. The molecule has 1 aromatic heterocycles. The van der Waals surface area contributed by atoms with Crippen LogP contribution in [-0.4, -0.2) is 23.4 Å². The third-order valence-corrected chi connectivity index (χ3v) is 4.67. The van der Waals surface area contributed by atoms with Crippen molar-refractivity contribution in [1.82, 2.24) is 4.57 Å². The van der Waals surface area contributed by atoms with Crippen LogP contribution in [0.3, 0.4) is 0 Å². The highest BCUT2D eigenvalue weighted by Crippen LogP contribution is 2.35. The van der Waals surface area contributed by atoms with E-state index in [-0.39, 0.29) is 24.2 Å². The quantitative estimate of drug-likeness (QED) is 0.688. The number of hydrogen-bond acceptors (Lipinski definition) is 3. The van der Waals surface area contributed by atoms with Gasteiger partial charge < -0.3 is 14.6 Å². The minimum absolute atomic E-state index is 0.148. The summed E-state index contributed by atoms with van der Waals surface area (Å²) in [6.07, 6.45) is 3.75. The Morgan fingerprint density at radius 2 is 1.96 bits per heavy atom. The lowest BCUT2D eigenvalue weighted by atomic mass is 10.1. The molecule has 1 N–H and O–H groups in total. The molecule has 5 heteroatoms. The lowest BCUT2D eigenvalue weighted by Crippen LogP contribution is -2.18. The topological polar surface area (TPSA) is 60.3 Å². The van der Waals surface area contributed by atoms with Crippen LogP contribution in [0, 0.1) is 5.92 Å².